The van der Waals surface area contributed by atoms with Gasteiger partial charge in [-0.2, -0.15) is 4.98 Å². The smallest absolute Gasteiger partial charge is 0.227 e. The number of hydrogen-bond donors (Lipinski definition) is 1. The molecule has 158 valence electrons. The van der Waals surface area contributed by atoms with Gasteiger partial charge in [0.05, 0.1) is 14.2 Å². The molecule has 30 heavy (non-hydrogen) atoms. The minimum absolute atomic E-state index is 0.0265. The second-order valence-corrected chi connectivity index (χ2v) is 7.07. The number of hydrogen-bond acceptors (Lipinski definition) is 6. The molecule has 7 nitrogen and oxygen atoms in total. The first kappa shape index (κ1) is 21.4. The third kappa shape index (κ3) is 5.83. The van der Waals surface area contributed by atoms with Crippen LogP contribution >= 0.6 is 0 Å². The van der Waals surface area contributed by atoms with E-state index in [9.17, 15) is 4.79 Å². The summed E-state index contributed by atoms with van der Waals surface area (Å²) in [5.41, 5.74) is 2.02. The number of amides is 1. The summed E-state index contributed by atoms with van der Waals surface area (Å²) < 4.78 is 15.8. The van der Waals surface area contributed by atoms with Crippen molar-refractivity contribution >= 4 is 5.91 Å². The van der Waals surface area contributed by atoms with Crippen molar-refractivity contribution in [2.45, 2.75) is 38.6 Å². The zero-order valence-electron chi connectivity index (χ0n) is 17.6. The lowest BCUT2D eigenvalue weighted by molar-refractivity contribution is -0.121. The molecule has 1 unspecified atom stereocenters. The maximum absolute atomic E-state index is 12.2. The number of carbonyl (C=O) groups is 1. The molecule has 0 saturated carbocycles. The van der Waals surface area contributed by atoms with Gasteiger partial charge in [-0.05, 0) is 43.5 Å². The summed E-state index contributed by atoms with van der Waals surface area (Å²) in [6.07, 6.45) is 2.50. The van der Waals surface area contributed by atoms with E-state index in [1.807, 2.05) is 31.2 Å². The van der Waals surface area contributed by atoms with Crippen molar-refractivity contribution in [3.63, 3.8) is 0 Å². The van der Waals surface area contributed by atoms with Crippen molar-refractivity contribution in [1.29, 1.82) is 0 Å². The van der Waals surface area contributed by atoms with Crippen LogP contribution < -0.4 is 14.8 Å². The Kier molecular flexibility index (Phi) is 7.43. The molecule has 0 bridgehead atoms. The monoisotopic (exact) mass is 409 g/mol. The van der Waals surface area contributed by atoms with E-state index in [0.29, 0.717) is 36.1 Å². The van der Waals surface area contributed by atoms with Crippen LogP contribution in [0.4, 0.5) is 0 Å². The Hall–Kier alpha value is -3.35. The molecule has 0 aliphatic rings. The highest BCUT2D eigenvalue weighted by Crippen LogP contribution is 2.31. The summed E-state index contributed by atoms with van der Waals surface area (Å²) in [6.45, 7) is 2.02. The molecule has 0 aliphatic heterocycles. The molecule has 1 atom stereocenters. The number of aromatic nitrogens is 2. The maximum Gasteiger partial charge on any atom is 0.227 e. The first-order chi connectivity index (χ1) is 14.6. The van der Waals surface area contributed by atoms with Crippen LogP contribution in [0.15, 0.2) is 53.1 Å². The fraction of sp³-hybridized carbons (Fsp3) is 0.348. The zero-order valence-corrected chi connectivity index (χ0v) is 17.6. The lowest BCUT2D eigenvalue weighted by Gasteiger charge is -2.13. The highest BCUT2D eigenvalue weighted by molar-refractivity contribution is 5.76. The second-order valence-electron chi connectivity index (χ2n) is 7.07. The number of rotatable bonds is 10. The third-order valence-corrected chi connectivity index (χ3v) is 4.79. The molecule has 1 heterocycles. The largest absolute Gasteiger partial charge is 0.493 e. The van der Waals surface area contributed by atoms with Gasteiger partial charge in [-0.3, -0.25) is 4.79 Å². The average molecular weight is 409 g/mol. The van der Waals surface area contributed by atoms with Crippen molar-refractivity contribution < 1.29 is 18.8 Å². The van der Waals surface area contributed by atoms with Gasteiger partial charge in [0.2, 0.25) is 17.6 Å². The standard InChI is InChI=1S/C23H27N3O4/c1-16(9-10-17-7-5-4-6-8-17)24-21(27)13-14-22-25-23(26-30-22)18-11-12-19(28-2)20(15-18)29-3/h4-8,11-12,15-16H,9-10,13-14H2,1-3H3,(H,24,27). The lowest BCUT2D eigenvalue weighted by Crippen LogP contribution is -2.33. The molecule has 0 aliphatic carbocycles. The number of ether oxygens (including phenoxy) is 2. The fourth-order valence-corrected chi connectivity index (χ4v) is 3.12. The quantitative estimate of drug-likeness (QED) is 0.548. The number of benzene rings is 2. The first-order valence-corrected chi connectivity index (χ1v) is 9.97. The van der Waals surface area contributed by atoms with Gasteiger partial charge < -0.3 is 19.3 Å². The Labute approximate surface area is 176 Å². The molecule has 1 N–H and O–H groups in total. The van der Waals surface area contributed by atoms with E-state index in [4.69, 9.17) is 14.0 Å². The number of nitrogens with zero attached hydrogens (tertiary/aromatic N) is 2. The van der Waals surface area contributed by atoms with Crippen LogP contribution in [0, 0.1) is 0 Å². The maximum atomic E-state index is 12.2. The SMILES string of the molecule is COc1ccc(-c2noc(CCC(=O)NC(C)CCc3ccccc3)n2)cc1OC. The number of nitrogens with one attached hydrogen (secondary N) is 1. The molecule has 1 amide bonds. The fourth-order valence-electron chi connectivity index (χ4n) is 3.12. The molecule has 0 radical (unpaired) electrons. The van der Waals surface area contributed by atoms with Crippen LogP contribution in [-0.2, 0) is 17.6 Å². The minimum Gasteiger partial charge on any atom is -0.493 e. The Morgan fingerprint density at radius 2 is 1.83 bits per heavy atom. The van der Waals surface area contributed by atoms with E-state index in [2.05, 4.69) is 27.6 Å². The Morgan fingerprint density at radius 1 is 1.07 bits per heavy atom. The molecular formula is C23H27N3O4. The van der Waals surface area contributed by atoms with Gasteiger partial charge in [-0.15, -0.1) is 0 Å². The summed E-state index contributed by atoms with van der Waals surface area (Å²) in [5.74, 6) is 2.06. The molecule has 0 fully saturated rings. The lowest BCUT2D eigenvalue weighted by atomic mass is 10.1. The molecule has 0 spiro atoms. The molecule has 7 heteroatoms. The van der Waals surface area contributed by atoms with Gasteiger partial charge in [-0.1, -0.05) is 35.5 Å². The van der Waals surface area contributed by atoms with Crippen LogP contribution in [-0.4, -0.2) is 36.3 Å². The van der Waals surface area contributed by atoms with Crippen molar-refractivity contribution in [2.24, 2.45) is 0 Å². The van der Waals surface area contributed by atoms with Crippen molar-refractivity contribution in [2.75, 3.05) is 14.2 Å². The van der Waals surface area contributed by atoms with Crippen molar-refractivity contribution in [1.82, 2.24) is 15.5 Å². The van der Waals surface area contributed by atoms with Crippen molar-refractivity contribution in [3.05, 3.63) is 60.0 Å². The predicted molar refractivity (Wildman–Crippen MR) is 114 cm³/mol. The van der Waals surface area contributed by atoms with Gasteiger partial charge >= 0.3 is 0 Å². The van der Waals surface area contributed by atoms with Crippen LogP contribution in [0.1, 0.15) is 31.2 Å². The van der Waals surface area contributed by atoms with Crippen LogP contribution in [0.25, 0.3) is 11.4 Å². The Bertz CT molecular complexity index is 956. The molecule has 0 saturated heterocycles. The van der Waals surface area contributed by atoms with E-state index in [-0.39, 0.29) is 11.9 Å². The van der Waals surface area contributed by atoms with E-state index < -0.39 is 0 Å². The highest BCUT2D eigenvalue weighted by Gasteiger charge is 2.14. The molecular weight excluding hydrogens is 382 g/mol. The predicted octanol–water partition coefficient (Wildman–Crippen LogP) is 3.82. The topological polar surface area (TPSA) is 86.5 Å². The summed E-state index contributed by atoms with van der Waals surface area (Å²) in [5, 5.41) is 7.03. The van der Waals surface area contributed by atoms with Gasteiger partial charge in [-0.25, -0.2) is 0 Å². The minimum atomic E-state index is -0.0265. The first-order valence-electron chi connectivity index (χ1n) is 9.97. The second kappa shape index (κ2) is 10.4. The van der Waals surface area contributed by atoms with Gasteiger partial charge in [0, 0.05) is 24.4 Å². The zero-order chi connectivity index (χ0) is 21.3. The summed E-state index contributed by atoms with van der Waals surface area (Å²) in [4.78, 5) is 16.6. The van der Waals surface area contributed by atoms with Gasteiger partial charge in [0.25, 0.3) is 0 Å². The Morgan fingerprint density at radius 3 is 2.57 bits per heavy atom. The summed E-state index contributed by atoms with van der Waals surface area (Å²) >= 11 is 0. The van der Waals surface area contributed by atoms with Crippen molar-refractivity contribution in [3.8, 4) is 22.9 Å². The summed E-state index contributed by atoms with van der Waals surface area (Å²) in [6, 6.07) is 15.8. The van der Waals surface area contributed by atoms with Gasteiger partial charge in [0.15, 0.2) is 11.5 Å². The number of carbonyl (C=O) groups excluding carboxylic acids is 1. The highest BCUT2D eigenvalue weighted by atomic mass is 16.5. The molecule has 3 rings (SSSR count). The molecule has 1 aromatic heterocycles. The van der Waals surface area contributed by atoms with Gasteiger partial charge in [0.1, 0.15) is 0 Å². The van der Waals surface area contributed by atoms with E-state index in [0.717, 1.165) is 18.4 Å². The molecule has 2 aromatic carbocycles. The average Bonchev–Trinajstić information content (AvgIpc) is 3.25. The van der Waals surface area contributed by atoms with Crippen LogP contribution in [0.2, 0.25) is 0 Å². The molecule has 3 aromatic rings. The summed E-state index contributed by atoms with van der Waals surface area (Å²) in [7, 11) is 3.15. The normalized spacial score (nSPS) is 11.7. The number of methoxy groups -OCH3 is 2. The third-order valence-electron chi connectivity index (χ3n) is 4.79. The van der Waals surface area contributed by atoms with E-state index in [1.54, 1.807) is 26.4 Å². The van der Waals surface area contributed by atoms with E-state index >= 15 is 0 Å². The van der Waals surface area contributed by atoms with Crippen LogP contribution in [0.3, 0.4) is 0 Å². The van der Waals surface area contributed by atoms with E-state index in [1.165, 1.54) is 5.56 Å². The number of aryl methyl sites for hydroxylation is 2. The Balaban J connectivity index is 1.48. The van der Waals surface area contributed by atoms with Crippen LogP contribution in [0.5, 0.6) is 11.5 Å².